The molecule has 0 saturated heterocycles. The van der Waals surface area contributed by atoms with Crippen LogP contribution in [0.15, 0.2) is 24.3 Å². The molecule has 1 aromatic carbocycles. The van der Waals surface area contributed by atoms with Crippen LogP contribution in [0.3, 0.4) is 0 Å². The minimum absolute atomic E-state index is 0.247. The molecular formula is C14H20N2O4. The van der Waals surface area contributed by atoms with Crippen LogP contribution < -0.4 is 4.90 Å². The second-order valence-electron chi connectivity index (χ2n) is 4.55. The molecule has 0 aromatic heterocycles. The first-order valence-electron chi connectivity index (χ1n) is 6.23. The molecule has 0 aliphatic heterocycles. The van der Waals surface area contributed by atoms with Gasteiger partial charge in [-0.1, -0.05) is 0 Å². The molecule has 20 heavy (non-hydrogen) atoms. The van der Waals surface area contributed by atoms with Gasteiger partial charge >= 0.3 is 5.97 Å². The van der Waals surface area contributed by atoms with Gasteiger partial charge in [-0.3, -0.25) is 9.59 Å². The third kappa shape index (κ3) is 4.55. The van der Waals surface area contributed by atoms with E-state index in [0.717, 1.165) is 5.69 Å². The Labute approximate surface area is 118 Å². The van der Waals surface area contributed by atoms with Gasteiger partial charge in [0.25, 0.3) is 5.91 Å². The van der Waals surface area contributed by atoms with E-state index in [1.54, 1.807) is 12.1 Å². The largest absolute Gasteiger partial charge is 0.480 e. The Morgan fingerprint density at radius 2 is 1.80 bits per heavy atom. The first kappa shape index (κ1) is 16.0. The molecule has 0 radical (unpaired) electrons. The maximum atomic E-state index is 12.3. The highest BCUT2D eigenvalue weighted by atomic mass is 16.5. The van der Waals surface area contributed by atoms with E-state index in [9.17, 15) is 9.59 Å². The Bertz CT molecular complexity index is 457. The molecule has 1 rings (SSSR count). The Morgan fingerprint density at radius 1 is 1.20 bits per heavy atom. The van der Waals surface area contributed by atoms with Crippen molar-refractivity contribution in [1.82, 2.24) is 4.90 Å². The molecule has 6 nitrogen and oxygen atoms in total. The van der Waals surface area contributed by atoms with E-state index < -0.39 is 5.97 Å². The number of rotatable bonds is 7. The molecule has 0 bridgehead atoms. The summed E-state index contributed by atoms with van der Waals surface area (Å²) >= 11 is 0. The van der Waals surface area contributed by atoms with Crippen molar-refractivity contribution in [3.63, 3.8) is 0 Å². The quantitative estimate of drug-likeness (QED) is 0.804. The molecule has 0 atom stereocenters. The smallest absolute Gasteiger partial charge is 0.323 e. The second-order valence-corrected chi connectivity index (χ2v) is 4.55. The van der Waals surface area contributed by atoms with Crippen molar-refractivity contribution in [3.8, 4) is 0 Å². The van der Waals surface area contributed by atoms with Gasteiger partial charge in [0.2, 0.25) is 0 Å². The summed E-state index contributed by atoms with van der Waals surface area (Å²) in [5.74, 6) is -1.35. The first-order valence-corrected chi connectivity index (χ1v) is 6.23. The molecule has 0 saturated carbocycles. The number of carboxylic acid groups (broad SMARTS) is 1. The van der Waals surface area contributed by atoms with Crippen LogP contribution in [0.4, 0.5) is 5.69 Å². The number of ether oxygens (including phenoxy) is 1. The van der Waals surface area contributed by atoms with Gasteiger partial charge in [0.1, 0.15) is 6.54 Å². The van der Waals surface area contributed by atoms with E-state index in [-0.39, 0.29) is 19.0 Å². The predicted octanol–water partition coefficient (Wildman–Crippen LogP) is 0.926. The molecule has 0 heterocycles. The molecule has 110 valence electrons. The third-order valence-electron chi connectivity index (χ3n) is 2.81. The Balaban J connectivity index is 2.84. The lowest BCUT2D eigenvalue weighted by Crippen LogP contribution is -2.38. The fourth-order valence-corrected chi connectivity index (χ4v) is 1.70. The number of hydrogen-bond donors (Lipinski definition) is 1. The molecule has 0 aliphatic rings. The number of hydrogen-bond acceptors (Lipinski definition) is 4. The van der Waals surface area contributed by atoms with E-state index >= 15 is 0 Å². The minimum Gasteiger partial charge on any atom is -0.480 e. The van der Waals surface area contributed by atoms with Crippen molar-refractivity contribution in [2.45, 2.75) is 0 Å². The zero-order valence-corrected chi connectivity index (χ0v) is 12.0. The Morgan fingerprint density at radius 3 is 2.25 bits per heavy atom. The molecule has 0 fully saturated rings. The molecule has 1 aromatic rings. The fourth-order valence-electron chi connectivity index (χ4n) is 1.70. The number of aliphatic carboxylic acids is 1. The van der Waals surface area contributed by atoms with Gasteiger partial charge < -0.3 is 19.6 Å². The molecule has 0 spiro atoms. The lowest BCUT2D eigenvalue weighted by Gasteiger charge is -2.21. The summed E-state index contributed by atoms with van der Waals surface area (Å²) in [5, 5.41) is 8.85. The van der Waals surface area contributed by atoms with E-state index in [2.05, 4.69) is 0 Å². The van der Waals surface area contributed by atoms with Crippen LogP contribution >= 0.6 is 0 Å². The van der Waals surface area contributed by atoms with Crippen LogP contribution in [0.2, 0.25) is 0 Å². The monoisotopic (exact) mass is 280 g/mol. The molecule has 1 amide bonds. The van der Waals surface area contributed by atoms with Crippen LogP contribution in [0.25, 0.3) is 0 Å². The van der Waals surface area contributed by atoms with E-state index in [1.165, 1.54) is 12.0 Å². The summed E-state index contributed by atoms with van der Waals surface area (Å²) in [6.45, 7) is 0.212. The van der Waals surface area contributed by atoms with Crippen molar-refractivity contribution in [3.05, 3.63) is 29.8 Å². The SMILES string of the molecule is COCCN(CC(=O)O)C(=O)c1ccc(N(C)C)cc1. The van der Waals surface area contributed by atoms with Crippen molar-refractivity contribution >= 4 is 17.6 Å². The summed E-state index contributed by atoms with van der Waals surface area (Å²) in [7, 11) is 5.33. The average Bonchev–Trinajstić information content (AvgIpc) is 2.42. The van der Waals surface area contributed by atoms with Gasteiger partial charge in [0, 0.05) is 39.0 Å². The van der Waals surface area contributed by atoms with Gasteiger partial charge in [-0.2, -0.15) is 0 Å². The topological polar surface area (TPSA) is 70.1 Å². The number of nitrogens with zero attached hydrogens (tertiary/aromatic N) is 2. The second kappa shape index (κ2) is 7.49. The van der Waals surface area contributed by atoms with Crippen LogP contribution in [-0.4, -0.2) is 62.8 Å². The summed E-state index contributed by atoms with van der Waals surface area (Å²) in [6.07, 6.45) is 0. The van der Waals surface area contributed by atoms with Crippen molar-refractivity contribution < 1.29 is 19.4 Å². The standard InChI is InChI=1S/C14H20N2O4/c1-15(2)12-6-4-11(5-7-12)14(19)16(8-9-20-3)10-13(17)18/h4-7H,8-10H2,1-3H3,(H,17,18). The first-order chi connectivity index (χ1) is 9.45. The fraction of sp³-hybridized carbons (Fsp3) is 0.429. The van der Waals surface area contributed by atoms with E-state index in [0.29, 0.717) is 12.2 Å². The van der Waals surface area contributed by atoms with Crippen LogP contribution in [-0.2, 0) is 9.53 Å². The van der Waals surface area contributed by atoms with Crippen LogP contribution in [0.1, 0.15) is 10.4 Å². The molecule has 6 heteroatoms. The molecule has 0 aliphatic carbocycles. The lowest BCUT2D eigenvalue weighted by molar-refractivity contribution is -0.137. The van der Waals surface area contributed by atoms with Gasteiger partial charge in [-0.05, 0) is 24.3 Å². The number of anilines is 1. The lowest BCUT2D eigenvalue weighted by atomic mass is 10.1. The zero-order chi connectivity index (χ0) is 15.1. The zero-order valence-electron chi connectivity index (χ0n) is 12.0. The average molecular weight is 280 g/mol. The summed E-state index contributed by atoms with van der Waals surface area (Å²) < 4.78 is 4.90. The van der Waals surface area contributed by atoms with Crippen LogP contribution in [0, 0.1) is 0 Å². The van der Waals surface area contributed by atoms with Crippen molar-refractivity contribution in [1.29, 1.82) is 0 Å². The highest BCUT2D eigenvalue weighted by Gasteiger charge is 2.18. The normalized spacial score (nSPS) is 10.2. The number of carboxylic acids is 1. The maximum Gasteiger partial charge on any atom is 0.323 e. The summed E-state index contributed by atoms with van der Waals surface area (Å²) in [5.41, 5.74) is 1.44. The van der Waals surface area contributed by atoms with Crippen molar-refractivity contribution in [2.75, 3.05) is 45.8 Å². The minimum atomic E-state index is -1.04. The van der Waals surface area contributed by atoms with Crippen molar-refractivity contribution in [2.24, 2.45) is 0 Å². The molecule has 0 unspecified atom stereocenters. The van der Waals surface area contributed by atoms with Gasteiger partial charge in [-0.25, -0.2) is 0 Å². The van der Waals surface area contributed by atoms with E-state index in [4.69, 9.17) is 9.84 Å². The number of carbonyl (C=O) groups is 2. The third-order valence-corrected chi connectivity index (χ3v) is 2.81. The van der Waals surface area contributed by atoms with Gasteiger partial charge in [0.15, 0.2) is 0 Å². The number of methoxy groups -OCH3 is 1. The van der Waals surface area contributed by atoms with E-state index in [1.807, 2.05) is 31.1 Å². The Hall–Kier alpha value is -2.08. The summed E-state index contributed by atoms with van der Waals surface area (Å²) in [6, 6.07) is 7.03. The number of benzene rings is 1. The molecular weight excluding hydrogens is 260 g/mol. The summed E-state index contributed by atoms with van der Waals surface area (Å²) in [4.78, 5) is 26.3. The number of carbonyl (C=O) groups excluding carboxylic acids is 1. The Kier molecular flexibility index (Phi) is 5.99. The maximum absolute atomic E-state index is 12.3. The predicted molar refractivity (Wildman–Crippen MR) is 76.2 cm³/mol. The van der Waals surface area contributed by atoms with Crippen LogP contribution in [0.5, 0.6) is 0 Å². The number of amides is 1. The van der Waals surface area contributed by atoms with Gasteiger partial charge in [0.05, 0.1) is 6.61 Å². The highest BCUT2D eigenvalue weighted by molar-refractivity contribution is 5.96. The van der Waals surface area contributed by atoms with Gasteiger partial charge in [-0.15, -0.1) is 0 Å². The molecule has 1 N–H and O–H groups in total. The highest BCUT2D eigenvalue weighted by Crippen LogP contribution is 2.13.